The van der Waals surface area contributed by atoms with Crippen molar-refractivity contribution in [3.8, 4) is 6.07 Å². The van der Waals surface area contributed by atoms with E-state index in [4.69, 9.17) is 5.26 Å². The lowest BCUT2D eigenvalue weighted by Crippen LogP contribution is -2.23. The number of para-hydroxylation sites is 1. The Kier molecular flexibility index (Phi) is 6.09. The summed E-state index contributed by atoms with van der Waals surface area (Å²) in [5.74, 6) is -0.449. The Bertz CT molecular complexity index is 778. The molecule has 0 aromatic heterocycles. The van der Waals surface area contributed by atoms with E-state index in [1.807, 2.05) is 49.4 Å². The maximum absolute atomic E-state index is 12.2. The van der Waals surface area contributed by atoms with Crippen molar-refractivity contribution < 1.29 is 9.59 Å². The Balaban J connectivity index is 2.00. The summed E-state index contributed by atoms with van der Waals surface area (Å²) >= 11 is 0. The number of carbonyl (C=O) groups is 2. The number of hydrogen-bond donors (Lipinski definition) is 2. The Morgan fingerprint density at radius 3 is 2.62 bits per heavy atom. The number of aryl methyl sites for hydroxylation is 1. The van der Waals surface area contributed by atoms with Crippen LogP contribution in [0.1, 0.15) is 23.1 Å². The lowest BCUT2D eigenvalue weighted by Gasteiger charge is -2.12. The van der Waals surface area contributed by atoms with Crippen molar-refractivity contribution in [3.63, 3.8) is 0 Å². The van der Waals surface area contributed by atoms with Gasteiger partial charge in [-0.2, -0.15) is 5.26 Å². The van der Waals surface area contributed by atoms with Gasteiger partial charge in [0, 0.05) is 12.2 Å². The second-order valence-electron chi connectivity index (χ2n) is 5.48. The van der Waals surface area contributed by atoms with Crippen LogP contribution in [-0.4, -0.2) is 11.8 Å². The molecular formula is C19H19N3O2. The zero-order valence-electron chi connectivity index (χ0n) is 13.5. The number of benzene rings is 2. The number of nitrogens with one attached hydrogen (secondary N) is 2. The van der Waals surface area contributed by atoms with Gasteiger partial charge in [0.25, 0.3) is 0 Å². The highest BCUT2D eigenvalue weighted by molar-refractivity contribution is 5.93. The molecular weight excluding hydrogens is 302 g/mol. The van der Waals surface area contributed by atoms with Crippen LogP contribution in [0, 0.1) is 18.3 Å². The predicted octanol–water partition coefficient (Wildman–Crippen LogP) is 2.71. The number of nitrogens with zero attached hydrogens (tertiary/aromatic N) is 1. The van der Waals surface area contributed by atoms with E-state index in [0.717, 1.165) is 16.7 Å². The van der Waals surface area contributed by atoms with Gasteiger partial charge in [0.1, 0.15) is 6.42 Å². The molecule has 0 saturated carbocycles. The van der Waals surface area contributed by atoms with Crippen molar-refractivity contribution in [1.29, 1.82) is 5.26 Å². The molecule has 2 rings (SSSR count). The standard InChI is InChI=1S/C19H19N3O2/c1-14-5-4-6-15(11-14)12-19(24)22-17-8-3-2-7-16(17)13-21-18(23)9-10-20/h2-8,11H,9,12-13H2,1H3,(H,21,23)(H,22,24). The first-order valence-corrected chi connectivity index (χ1v) is 7.65. The maximum atomic E-state index is 12.2. The summed E-state index contributed by atoms with van der Waals surface area (Å²) in [7, 11) is 0. The Labute approximate surface area is 141 Å². The highest BCUT2D eigenvalue weighted by Gasteiger charge is 2.09. The highest BCUT2D eigenvalue weighted by atomic mass is 16.2. The van der Waals surface area contributed by atoms with E-state index in [9.17, 15) is 9.59 Å². The molecule has 0 spiro atoms. The molecule has 2 N–H and O–H groups in total. The molecule has 2 amide bonds. The van der Waals surface area contributed by atoms with Gasteiger partial charge in [-0.25, -0.2) is 0 Å². The minimum Gasteiger partial charge on any atom is -0.351 e. The third-order valence-corrected chi connectivity index (χ3v) is 3.45. The number of hydrogen-bond acceptors (Lipinski definition) is 3. The number of rotatable bonds is 6. The van der Waals surface area contributed by atoms with Crippen LogP contribution in [0.5, 0.6) is 0 Å². The van der Waals surface area contributed by atoms with Crippen LogP contribution in [-0.2, 0) is 22.6 Å². The van der Waals surface area contributed by atoms with Gasteiger partial charge >= 0.3 is 0 Å². The summed E-state index contributed by atoms with van der Waals surface area (Å²) in [5.41, 5.74) is 3.52. The predicted molar refractivity (Wildman–Crippen MR) is 92.0 cm³/mol. The largest absolute Gasteiger partial charge is 0.351 e. The second-order valence-corrected chi connectivity index (χ2v) is 5.48. The van der Waals surface area contributed by atoms with Crippen molar-refractivity contribution in [3.05, 3.63) is 65.2 Å². The monoisotopic (exact) mass is 321 g/mol. The van der Waals surface area contributed by atoms with E-state index in [0.29, 0.717) is 5.69 Å². The quantitative estimate of drug-likeness (QED) is 0.858. The van der Waals surface area contributed by atoms with Gasteiger partial charge < -0.3 is 10.6 Å². The van der Waals surface area contributed by atoms with Crippen LogP contribution >= 0.6 is 0 Å². The first kappa shape index (κ1) is 17.2. The summed E-state index contributed by atoms with van der Waals surface area (Å²) in [6, 6.07) is 16.9. The Morgan fingerprint density at radius 1 is 1.08 bits per heavy atom. The minimum absolute atomic E-state index is 0.114. The van der Waals surface area contributed by atoms with Crippen LogP contribution in [0.25, 0.3) is 0 Å². The minimum atomic E-state index is -0.335. The van der Waals surface area contributed by atoms with Crippen molar-refractivity contribution >= 4 is 17.5 Å². The molecule has 0 aliphatic heterocycles. The fourth-order valence-corrected chi connectivity index (χ4v) is 2.33. The van der Waals surface area contributed by atoms with E-state index in [2.05, 4.69) is 10.6 Å². The summed E-state index contributed by atoms with van der Waals surface area (Å²) in [6.07, 6.45) is 0.110. The molecule has 0 unspecified atom stereocenters. The Morgan fingerprint density at radius 2 is 1.88 bits per heavy atom. The maximum Gasteiger partial charge on any atom is 0.234 e. The molecule has 122 valence electrons. The number of amides is 2. The van der Waals surface area contributed by atoms with Crippen molar-refractivity contribution in [1.82, 2.24) is 5.32 Å². The second kappa shape index (κ2) is 8.49. The van der Waals surface area contributed by atoms with E-state index in [-0.39, 0.29) is 31.2 Å². The summed E-state index contributed by atoms with van der Waals surface area (Å²) in [5, 5.41) is 14.0. The van der Waals surface area contributed by atoms with Crippen LogP contribution in [0.3, 0.4) is 0 Å². The van der Waals surface area contributed by atoms with Crippen LogP contribution in [0.2, 0.25) is 0 Å². The van der Waals surface area contributed by atoms with Crippen molar-refractivity contribution in [2.75, 3.05) is 5.32 Å². The van der Waals surface area contributed by atoms with Gasteiger partial charge in [-0.1, -0.05) is 48.0 Å². The zero-order valence-corrected chi connectivity index (χ0v) is 13.5. The summed E-state index contributed by atoms with van der Waals surface area (Å²) in [6.45, 7) is 2.25. The molecule has 0 bridgehead atoms. The van der Waals surface area contributed by atoms with Gasteiger partial charge in [0.2, 0.25) is 11.8 Å². The van der Waals surface area contributed by atoms with Gasteiger partial charge in [-0.3, -0.25) is 9.59 Å². The Hall–Kier alpha value is -3.13. The molecule has 2 aromatic carbocycles. The first-order chi connectivity index (χ1) is 11.6. The molecule has 5 heteroatoms. The third-order valence-electron chi connectivity index (χ3n) is 3.45. The van der Waals surface area contributed by atoms with Crippen molar-refractivity contribution in [2.24, 2.45) is 0 Å². The topological polar surface area (TPSA) is 82.0 Å². The fraction of sp³-hybridized carbons (Fsp3) is 0.211. The van der Waals surface area contributed by atoms with E-state index < -0.39 is 0 Å². The van der Waals surface area contributed by atoms with Gasteiger partial charge in [0.05, 0.1) is 12.5 Å². The molecule has 5 nitrogen and oxygen atoms in total. The first-order valence-electron chi connectivity index (χ1n) is 7.65. The molecule has 0 aliphatic rings. The van der Waals surface area contributed by atoms with E-state index in [1.54, 1.807) is 12.1 Å². The van der Waals surface area contributed by atoms with E-state index >= 15 is 0 Å². The molecule has 0 aliphatic carbocycles. The molecule has 0 heterocycles. The van der Waals surface area contributed by atoms with Gasteiger partial charge in [0.15, 0.2) is 0 Å². The van der Waals surface area contributed by atoms with Crippen LogP contribution in [0.15, 0.2) is 48.5 Å². The molecule has 0 radical (unpaired) electrons. The van der Waals surface area contributed by atoms with Crippen molar-refractivity contribution in [2.45, 2.75) is 26.3 Å². The van der Waals surface area contributed by atoms with Gasteiger partial charge in [-0.05, 0) is 24.1 Å². The third kappa shape index (κ3) is 5.25. The summed E-state index contributed by atoms with van der Waals surface area (Å²) in [4.78, 5) is 23.6. The molecule has 24 heavy (non-hydrogen) atoms. The SMILES string of the molecule is Cc1cccc(CC(=O)Nc2ccccc2CNC(=O)CC#N)c1. The number of carbonyl (C=O) groups excluding carboxylic acids is 2. The number of anilines is 1. The molecule has 0 saturated heterocycles. The smallest absolute Gasteiger partial charge is 0.234 e. The molecule has 0 fully saturated rings. The lowest BCUT2D eigenvalue weighted by molar-refractivity contribution is -0.120. The highest BCUT2D eigenvalue weighted by Crippen LogP contribution is 2.15. The normalized spacial score (nSPS) is 9.83. The average Bonchev–Trinajstić information content (AvgIpc) is 2.54. The number of nitriles is 1. The fourth-order valence-electron chi connectivity index (χ4n) is 2.33. The molecule has 0 atom stereocenters. The zero-order chi connectivity index (χ0) is 17.4. The lowest BCUT2D eigenvalue weighted by atomic mass is 10.1. The molecule has 2 aromatic rings. The van der Waals surface area contributed by atoms with Crippen LogP contribution < -0.4 is 10.6 Å². The van der Waals surface area contributed by atoms with Gasteiger partial charge in [-0.15, -0.1) is 0 Å². The van der Waals surface area contributed by atoms with E-state index in [1.165, 1.54) is 0 Å². The van der Waals surface area contributed by atoms with Crippen LogP contribution in [0.4, 0.5) is 5.69 Å². The summed E-state index contributed by atoms with van der Waals surface area (Å²) < 4.78 is 0. The average molecular weight is 321 g/mol.